The fraction of sp³-hybridized carbons (Fsp3) is 0.560. The van der Waals surface area contributed by atoms with Crippen LogP contribution in [0.25, 0.3) is 11.0 Å². The van der Waals surface area contributed by atoms with Crippen molar-refractivity contribution in [2.75, 3.05) is 37.7 Å². The second-order valence-electron chi connectivity index (χ2n) is 9.37. The van der Waals surface area contributed by atoms with Gasteiger partial charge in [-0.2, -0.15) is 0 Å². The number of anilines is 1. The van der Waals surface area contributed by atoms with E-state index in [0.29, 0.717) is 18.7 Å². The van der Waals surface area contributed by atoms with Gasteiger partial charge in [0.1, 0.15) is 17.2 Å². The Morgan fingerprint density at radius 2 is 1.73 bits per heavy atom. The minimum Gasteiger partial charge on any atom is -0.422 e. The molecule has 2 aromatic rings. The van der Waals surface area contributed by atoms with Crippen LogP contribution < -0.4 is 15.8 Å². The number of nitrogens with zero attached hydrogens (tertiary/aromatic N) is 2. The summed E-state index contributed by atoms with van der Waals surface area (Å²) in [6.07, 6.45) is 7.87. The van der Waals surface area contributed by atoms with Crippen molar-refractivity contribution in [3.05, 3.63) is 39.2 Å². The van der Waals surface area contributed by atoms with Gasteiger partial charge in [0.2, 0.25) is 5.91 Å². The number of aliphatic hydroxyl groups excluding tert-OH is 1. The maximum atomic E-state index is 13.0. The van der Waals surface area contributed by atoms with Crippen molar-refractivity contribution in [3.63, 3.8) is 0 Å². The molecule has 0 spiro atoms. The number of amides is 2. The summed E-state index contributed by atoms with van der Waals surface area (Å²) < 4.78 is 5.69. The summed E-state index contributed by atoms with van der Waals surface area (Å²) in [6, 6.07) is 2.52. The highest BCUT2D eigenvalue weighted by atomic mass is 16.4. The molecule has 2 amide bonds. The SMILES string of the molecule is O=C(NC(CO)C(=O)N1CCCCCC1)c1cc2cc3c4c(c2oc1=O)CCCN4CCC3. The van der Waals surface area contributed by atoms with Crippen molar-refractivity contribution in [2.24, 2.45) is 0 Å². The fourth-order valence-corrected chi connectivity index (χ4v) is 5.54. The Balaban J connectivity index is 1.44. The van der Waals surface area contributed by atoms with Crippen molar-refractivity contribution >= 4 is 28.5 Å². The van der Waals surface area contributed by atoms with Gasteiger partial charge in [-0.05, 0) is 56.2 Å². The third-order valence-electron chi connectivity index (χ3n) is 7.16. The van der Waals surface area contributed by atoms with Crippen LogP contribution in [0, 0.1) is 0 Å². The van der Waals surface area contributed by atoms with Gasteiger partial charge in [-0.3, -0.25) is 9.59 Å². The molecule has 8 heteroatoms. The zero-order valence-corrected chi connectivity index (χ0v) is 18.9. The molecule has 1 saturated heterocycles. The molecular formula is C25H31N3O5. The predicted molar refractivity (Wildman–Crippen MR) is 125 cm³/mol. The van der Waals surface area contributed by atoms with Crippen molar-refractivity contribution in [1.82, 2.24) is 10.2 Å². The predicted octanol–water partition coefficient (Wildman–Crippen LogP) is 1.99. The first-order chi connectivity index (χ1) is 16.1. The van der Waals surface area contributed by atoms with Crippen LogP contribution in [0.4, 0.5) is 5.69 Å². The molecule has 2 N–H and O–H groups in total. The molecule has 0 aliphatic carbocycles. The normalized spacial score (nSPS) is 19.1. The zero-order valence-electron chi connectivity index (χ0n) is 18.9. The first-order valence-corrected chi connectivity index (χ1v) is 12.1. The molecule has 3 aliphatic heterocycles. The molecule has 1 fully saturated rings. The van der Waals surface area contributed by atoms with Gasteiger partial charge in [0.05, 0.1) is 6.61 Å². The molecule has 8 nitrogen and oxygen atoms in total. The topological polar surface area (TPSA) is 103 Å². The molecular weight excluding hydrogens is 422 g/mol. The van der Waals surface area contributed by atoms with Crippen LogP contribution in [-0.2, 0) is 17.6 Å². The largest absolute Gasteiger partial charge is 0.422 e. The fourth-order valence-electron chi connectivity index (χ4n) is 5.54. The molecule has 0 bridgehead atoms. The maximum absolute atomic E-state index is 13.0. The van der Waals surface area contributed by atoms with Crippen LogP contribution in [-0.4, -0.2) is 60.6 Å². The molecule has 1 aromatic carbocycles. The number of aryl methyl sites for hydroxylation is 2. The number of likely N-dealkylation sites (tertiary alicyclic amines) is 1. The molecule has 3 aliphatic rings. The van der Waals surface area contributed by atoms with Crippen LogP contribution in [0.2, 0.25) is 0 Å². The first-order valence-electron chi connectivity index (χ1n) is 12.1. The van der Waals surface area contributed by atoms with E-state index in [2.05, 4.69) is 10.2 Å². The Morgan fingerprint density at radius 3 is 2.45 bits per heavy atom. The summed E-state index contributed by atoms with van der Waals surface area (Å²) in [6.45, 7) is 2.75. The number of fused-ring (bicyclic) bond motifs is 2. The lowest BCUT2D eigenvalue weighted by atomic mass is 9.90. The number of carbonyl (C=O) groups excluding carboxylic acids is 2. The van der Waals surface area contributed by atoms with Crippen molar-refractivity contribution < 1.29 is 19.1 Å². The van der Waals surface area contributed by atoms with Gasteiger partial charge in [0.25, 0.3) is 5.91 Å². The minimum atomic E-state index is -1.08. The molecule has 1 atom stereocenters. The van der Waals surface area contributed by atoms with Crippen LogP contribution in [0.15, 0.2) is 21.3 Å². The van der Waals surface area contributed by atoms with E-state index in [1.807, 2.05) is 6.07 Å². The highest BCUT2D eigenvalue weighted by Gasteiger charge is 2.30. The van der Waals surface area contributed by atoms with Crippen molar-refractivity contribution in [3.8, 4) is 0 Å². The lowest BCUT2D eigenvalue weighted by molar-refractivity contribution is -0.134. The molecule has 176 valence electrons. The Bertz CT molecular complexity index is 1130. The van der Waals surface area contributed by atoms with Crippen LogP contribution in [0.1, 0.15) is 60.0 Å². The van der Waals surface area contributed by atoms with Gasteiger partial charge in [0.15, 0.2) is 0 Å². The van der Waals surface area contributed by atoms with Crippen molar-refractivity contribution in [1.29, 1.82) is 0 Å². The Labute approximate surface area is 192 Å². The number of carbonyl (C=O) groups is 2. The molecule has 33 heavy (non-hydrogen) atoms. The summed E-state index contributed by atoms with van der Waals surface area (Å²) in [7, 11) is 0. The molecule has 5 rings (SSSR count). The van der Waals surface area contributed by atoms with Gasteiger partial charge >= 0.3 is 5.63 Å². The van der Waals surface area contributed by atoms with Gasteiger partial charge in [-0.15, -0.1) is 0 Å². The summed E-state index contributed by atoms with van der Waals surface area (Å²) in [5.41, 5.74) is 3.18. The number of benzene rings is 1. The second-order valence-corrected chi connectivity index (χ2v) is 9.37. The molecule has 1 unspecified atom stereocenters. The Hall–Kier alpha value is -2.87. The van der Waals surface area contributed by atoms with E-state index in [0.717, 1.165) is 75.4 Å². The summed E-state index contributed by atoms with van der Waals surface area (Å²) in [4.78, 5) is 42.7. The van der Waals surface area contributed by atoms with Crippen LogP contribution >= 0.6 is 0 Å². The molecule has 0 saturated carbocycles. The van der Waals surface area contributed by atoms with E-state index in [-0.39, 0.29) is 11.5 Å². The average Bonchev–Trinajstić information content (AvgIpc) is 3.12. The van der Waals surface area contributed by atoms with Gasteiger partial charge in [-0.1, -0.05) is 12.8 Å². The van der Waals surface area contributed by atoms with E-state index in [1.165, 1.54) is 11.3 Å². The maximum Gasteiger partial charge on any atom is 0.349 e. The number of aliphatic hydroxyl groups is 1. The average molecular weight is 454 g/mol. The van der Waals surface area contributed by atoms with Crippen molar-refractivity contribution in [2.45, 2.75) is 57.4 Å². The number of nitrogens with one attached hydrogen (secondary N) is 1. The van der Waals surface area contributed by atoms with Crippen LogP contribution in [0.3, 0.4) is 0 Å². The number of hydrogen-bond donors (Lipinski definition) is 2. The summed E-state index contributed by atoms with van der Waals surface area (Å²) in [5, 5.41) is 13.1. The Morgan fingerprint density at radius 1 is 1.00 bits per heavy atom. The third kappa shape index (κ3) is 4.12. The quantitative estimate of drug-likeness (QED) is 0.687. The van der Waals surface area contributed by atoms with E-state index in [4.69, 9.17) is 4.42 Å². The zero-order chi connectivity index (χ0) is 22.9. The highest BCUT2D eigenvalue weighted by molar-refractivity contribution is 6.00. The van der Waals surface area contributed by atoms with Gasteiger partial charge < -0.3 is 24.6 Å². The minimum absolute atomic E-state index is 0.139. The van der Waals surface area contributed by atoms with E-state index < -0.39 is 24.2 Å². The summed E-state index contributed by atoms with van der Waals surface area (Å²) >= 11 is 0. The van der Waals surface area contributed by atoms with E-state index in [1.54, 1.807) is 11.0 Å². The monoisotopic (exact) mass is 453 g/mol. The highest BCUT2D eigenvalue weighted by Crippen LogP contribution is 2.39. The molecule has 1 aromatic heterocycles. The first kappa shape index (κ1) is 21.9. The lowest BCUT2D eigenvalue weighted by Crippen LogP contribution is -2.51. The second kappa shape index (κ2) is 9.17. The van der Waals surface area contributed by atoms with Gasteiger partial charge in [-0.25, -0.2) is 4.79 Å². The standard InChI is InChI=1S/C25H31N3O5/c29-15-20(24(31)28-9-3-1-2-4-10-28)26-23(30)19-14-17-13-16-7-5-11-27-12-6-8-18(21(16)27)22(17)33-25(19)32/h13-14,20,29H,1-12,15H2,(H,26,30). The summed E-state index contributed by atoms with van der Waals surface area (Å²) in [5.74, 6) is -1.00. The number of hydrogen-bond acceptors (Lipinski definition) is 6. The third-order valence-corrected chi connectivity index (χ3v) is 7.16. The lowest BCUT2D eigenvalue weighted by Gasteiger charge is -2.37. The number of rotatable bonds is 4. The van der Waals surface area contributed by atoms with E-state index >= 15 is 0 Å². The molecule has 4 heterocycles. The Kier molecular flexibility index (Phi) is 6.10. The van der Waals surface area contributed by atoms with Gasteiger partial charge in [0, 0.05) is 42.8 Å². The van der Waals surface area contributed by atoms with E-state index in [9.17, 15) is 19.5 Å². The smallest absolute Gasteiger partial charge is 0.349 e. The van der Waals surface area contributed by atoms with Crippen LogP contribution in [0.5, 0.6) is 0 Å². The molecule has 0 radical (unpaired) electrons.